The molecular formula is C15H16F3N5O3. The van der Waals surface area contributed by atoms with E-state index in [1.807, 2.05) is 18.2 Å². The van der Waals surface area contributed by atoms with Crippen molar-refractivity contribution >= 4 is 23.6 Å². The molecule has 0 spiro atoms. The molecule has 1 aromatic heterocycles. The second-order valence-corrected chi connectivity index (χ2v) is 4.76. The summed E-state index contributed by atoms with van der Waals surface area (Å²) in [7, 11) is 0. The Labute approximate surface area is 146 Å². The summed E-state index contributed by atoms with van der Waals surface area (Å²) in [6.45, 7) is 0.765. The Kier molecular flexibility index (Phi) is 7.80. The van der Waals surface area contributed by atoms with Gasteiger partial charge in [-0.25, -0.2) is 9.59 Å². The molecule has 0 aliphatic heterocycles. The van der Waals surface area contributed by atoms with Crippen LogP contribution in [0.2, 0.25) is 0 Å². The lowest BCUT2D eigenvalue weighted by atomic mass is 10.1. The van der Waals surface area contributed by atoms with Crippen molar-refractivity contribution in [3.63, 3.8) is 0 Å². The van der Waals surface area contributed by atoms with Gasteiger partial charge in [0.1, 0.15) is 5.82 Å². The maximum atomic E-state index is 10.6. The van der Waals surface area contributed by atoms with Crippen LogP contribution in [0.3, 0.4) is 0 Å². The van der Waals surface area contributed by atoms with Gasteiger partial charge < -0.3 is 16.2 Å². The van der Waals surface area contributed by atoms with Crippen molar-refractivity contribution in [2.75, 3.05) is 17.2 Å². The van der Waals surface area contributed by atoms with E-state index < -0.39 is 18.2 Å². The molecule has 11 heteroatoms. The van der Waals surface area contributed by atoms with Crippen LogP contribution in [0.4, 0.5) is 29.6 Å². The lowest BCUT2D eigenvalue weighted by Crippen LogP contribution is -2.21. The molecule has 26 heavy (non-hydrogen) atoms. The Morgan fingerprint density at radius 1 is 1.04 bits per heavy atom. The number of anilines is 2. The average molecular weight is 371 g/mol. The number of nitrogens with zero attached hydrogens (tertiary/aromatic N) is 2. The van der Waals surface area contributed by atoms with E-state index in [4.69, 9.17) is 15.6 Å². The van der Waals surface area contributed by atoms with Crippen LogP contribution in [-0.4, -0.2) is 40.0 Å². The number of nitrogens with one attached hydrogen (secondary N) is 2. The third-order valence-corrected chi connectivity index (χ3v) is 2.72. The topological polar surface area (TPSA) is 130 Å². The summed E-state index contributed by atoms with van der Waals surface area (Å²) in [6.07, 6.45) is -4.18. The normalized spacial score (nSPS) is 10.3. The molecule has 2 amide bonds. The number of carbonyl (C=O) groups excluding carboxylic acids is 1. The first-order valence-corrected chi connectivity index (χ1v) is 7.16. The highest BCUT2D eigenvalue weighted by molar-refractivity contribution is 5.86. The highest BCUT2D eigenvalue weighted by Gasteiger charge is 2.38. The monoisotopic (exact) mass is 371 g/mol. The lowest BCUT2D eigenvalue weighted by molar-refractivity contribution is -0.192. The zero-order valence-electron chi connectivity index (χ0n) is 13.3. The van der Waals surface area contributed by atoms with Crippen molar-refractivity contribution in [1.29, 1.82) is 0 Å². The number of amides is 2. The lowest BCUT2D eigenvalue weighted by Gasteiger charge is -2.05. The van der Waals surface area contributed by atoms with Gasteiger partial charge in [-0.1, -0.05) is 30.3 Å². The molecule has 0 aliphatic carbocycles. The third-order valence-electron chi connectivity index (χ3n) is 2.72. The Bertz CT molecular complexity index is 709. The standard InChI is InChI=1S/C13H15N5O.C2HF3O2/c14-13(19)16-12-7-6-11(17-18-12)15-9-8-10-4-2-1-3-5-10;3-2(4,5)1(6)7/h1-7H,8-9H2,(H,15,17)(H3,14,16,18,19);(H,6,7). The molecule has 1 heterocycles. The summed E-state index contributed by atoms with van der Waals surface area (Å²) in [5.41, 5.74) is 6.23. The van der Waals surface area contributed by atoms with Gasteiger partial charge in [0.2, 0.25) is 0 Å². The molecule has 2 rings (SSSR count). The number of benzene rings is 1. The van der Waals surface area contributed by atoms with Gasteiger partial charge in [0.25, 0.3) is 0 Å². The largest absolute Gasteiger partial charge is 0.490 e. The van der Waals surface area contributed by atoms with Gasteiger partial charge in [0.05, 0.1) is 0 Å². The molecule has 0 radical (unpaired) electrons. The number of rotatable bonds is 5. The number of aromatic nitrogens is 2. The summed E-state index contributed by atoms with van der Waals surface area (Å²) in [5, 5.41) is 20.4. The minimum Gasteiger partial charge on any atom is -0.475 e. The van der Waals surface area contributed by atoms with Gasteiger partial charge in [-0.05, 0) is 24.1 Å². The van der Waals surface area contributed by atoms with Gasteiger partial charge in [-0.15, -0.1) is 10.2 Å². The van der Waals surface area contributed by atoms with E-state index in [2.05, 4.69) is 33.0 Å². The molecule has 140 valence electrons. The molecule has 0 saturated carbocycles. The number of nitrogens with two attached hydrogens (primary N) is 1. The predicted octanol–water partition coefficient (Wildman–Crippen LogP) is 2.26. The number of primary amides is 1. The van der Waals surface area contributed by atoms with Crippen LogP contribution in [0.15, 0.2) is 42.5 Å². The van der Waals surface area contributed by atoms with Crippen LogP contribution in [-0.2, 0) is 11.2 Å². The molecule has 0 aliphatic rings. The average Bonchev–Trinajstić information content (AvgIpc) is 2.57. The van der Waals surface area contributed by atoms with Crippen LogP contribution in [0, 0.1) is 0 Å². The summed E-state index contributed by atoms with van der Waals surface area (Å²) in [6, 6.07) is 12.9. The number of carboxylic acids is 1. The molecule has 0 fully saturated rings. The van der Waals surface area contributed by atoms with Crippen LogP contribution >= 0.6 is 0 Å². The first-order valence-electron chi connectivity index (χ1n) is 7.16. The second kappa shape index (κ2) is 9.81. The number of halogens is 3. The number of aliphatic carboxylic acids is 1. The zero-order chi connectivity index (χ0) is 19.6. The molecule has 5 N–H and O–H groups in total. The highest BCUT2D eigenvalue weighted by Crippen LogP contribution is 2.13. The predicted molar refractivity (Wildman–Crippen MR) is 87.6 cm³/mol. The Hall–Kier alpha value is -3.37. The number of carboxylic acid groups (broad SMARTS) is 1. The van der Waals surface area contributed by atoms with E-state index in [1.165, 1.54) is 5.56 Å². The van der Waals surface area contributed by atoms with Crippen LogP contribution in [0.1, 0.15) is 5.56 Å². The SMILES string of the molecule is NC(=O)Nc1ccc(NCCc2ccccc2)nn1.O=C(O)C(F)(F)F. The first-order chi connectivity index (χ1) is 12.2. The van der Waals surface area contributed by atoms with Gasteiger partial charge in [0.15, 0.2) is 5.82 Å². The quantitative estimate of drug-likeness (QED) is 0.638. The number of alkyl halides is 3. The summed E-state index contributed by atoms with van der Waals surface area (Å²) < 4.78 is 31.7. The van der Waals surface area contributed by atoms with E-state index in [0.29, 0.717) is 11.6 Å². The zero-order valence-corrected chi connectivity index (χ0v) is 13.3. The van der Waals surface area contributed by atoms with Crippen molar-refractivity contribution in [2.45, 2.75) is 12.6 Å². The second-order valence-electron chi connectivity index (χ2n) is 4.76. The molecule has 0 atom stereocenters. The molecule has 0 saturated heterocycles. The van der Waals surface area contributed by atoms with E-state index in [9.17, 15) is 18.0 Å². The molecular weight excluding hydrogens is 355 g/mol. The van der Waals surface area contributed by atoms with E-state index in [0.717, 1.165) is 13.0 Å². The summed E-state index contributed by atoms with van der Waals surface area (Å²) in [5.74, 6) is -1.76. The Morgan fingerprint density at radius 2 is 1.58 bits per heavy atom. The molecule has 1 aromatic carbocycles. The number of hydrogen-bond acceptors (Lipinski definition) is 5. The fraction of sp³-hybridized carbons (Fsp3) is 0.200. The number of carbonyl (C=O) groups is 2. The van der Waals surface area contributed by atoms with Crippen molar-refractivity contribution in [3.05, 3.63) is 48.0 Å². The summed E-state index contributed by atoms with van der Waals surface area (Å²) in [4.78, 5) is 19.5. The Morgan fingerprint density at radius 3 is 2.04 bits per heavy atom. The van der Waals surface area contributed by atoms with Crippen molar-refractivity contribution in [1.82, 2.24) is 10.2 Å². The van der Waals surface area contributed by atoms with Crippen LogP contribution in [0.5, 0.6) is 0 Å². The van der Waals surface area contributed by atoms with Crippen molar-refractivity contribution in [2.24, 2.45) is 5.73 Å². The first kappa shape index (κ1) is 20.7. The maximum absolute atomic E-state index is 10.6. The minimum atomic E-state index is -5.08. The minimum absolute atomic E-state index is 0.334. The molecule has 0 unspecified atom stereocenters. The molecule has 2 aromatic rings. The van der Waals surface area contributed by atoms with E-state index >= 15 is 0 Å². The fourth-order valence-electron chi connectivity index (χ4n) is 1.60. The number of urea groups is 1. The summed E-state index contributed by atoms with van der Waals surface area (Å²) >= 11 is 0. The smallest absolute Gasteiger partial charge is 0.475 e. The van der Waals surface area contributed by atoms with Gasteiger partial charge in [-0.3, -0.25) is 5.32 Å². The molecule has 8 nitrogen and oxygen atoms in total. The highest BCUT2D eigenvalue weighted by atomic mass is 19.4. The van der Waals surface area contributed by atoms with Gasteiger partial charge in [0, 0.05) is 6.54 Å². The van der Waals surface area contributed by atoms with Crippen molar-refractivity contribution in [3.8, 4) is 0 Å². The van der Waals surface area contributed by atoms with Crippen LogP contribution < -0.4 is 16.4 Å². The van der Waals surface area contributed by atoms with E-state index in [-0.39, 0.29) is 0 Å². The number of hydrogen-bond donors (Lipinski definition) is 4. The molecule has 0 bridgehead atoms. The Balaban J connectivity index is 0.000000412. The van der Waals surface area contributed by atoms with Crippen LogP contribution in [0.25, 0.3) is 0 Å². The van der Waals surface area contributed by atoms with Gasteiger partial charge in [-0.2, -0.15) is 13.2 Å². The van der Waals surface area contributed by atoms with Crippen molar-refractivity contribution < 1.29 is 27.9 Å². The fourth-order valence-corrected chi connectivity index (χ4v) is 1.60. The van der Waals surface area contributed by atoms with Gasteiger partial charge >= 0.3 is 18.2 Å². The third kappa shape index (κ3) is 8.47. The maximum Gasteiger partial charge on any atom is 0.490 e. The van der Waals surface area contributed by atoms with E-state index in [1.54, 1.807) is 12.1 Å².